The van der Waals surface area contributed by atoms with Crippen LogP contribution < -0.4 is 15.4 Å². The number of esters is 1. The van der Waals surface area contributed by atoms with Crippen LogP contribution in [0.25, 0.3) is 0 Å². The van der Waals surface area contributed by atoms with E-state index < -0.39 is 0 Å². The molecule has 1 aliphatic heterocycles. The van der Waals surface area contributed by atoms with Crippen molar-refractivity contribution in [3.05, 3.63) is 29.3 Å². The zero-order valence-electron chi connectivity index (χ0n) is 19.8. The summed E-state index contributed by atoms with van der Waals surface area (Å²) in [5.74, 6) is 2.09. The van der Waals surface area contributed by atoms with Crippen molar-refractivity contribution in [2.45, 2.75) is 58.9 Å². The lowest BCUT2D eigenvalue weighted by molar-refractivity contribution is -0.143. The molecular weight excluding hydrogens is 521 g/mol. The molecule has 1 unspecified atom stereocenters. The molecule has 1 saturated heterocycles. The third kappa shape index (κ3) is 11.4. The molecule has 1 aliphatic rings. The van der Waals surface area contributed by atoms with E-state index in [9.17, 15) is 4.79 Å². The van der Waals surface area contributed by atoms with Crippen LogP contribution >= 0.6 is 24.0 Å². The number of nitrogens with zero attached hydrogens (tertiary/aromatic N) is 1. The van der Waals surface area contributed by atoms with Crippen LogP contribution in [0.2, 0.25) is 0 Å². The highest BCUT2D eigenvalue weighted by molar-refractivity contribution is 14.0. The van der Waals surface area contributed by atoms with E-state index in [1.807, 2.05) is 6.92 Å². The summed E-state index contributed by atoms with van der Waals surface area (Å²) in [4.78, 5) is 15.6. The highest BCUT2D eigenvalue weighted by Crippen LogP contribution is 2.22. The highest BCUT2D eigenvalue weighted by Gasteiger charge is 2.17. The van der Waals surface area contributed by atoms with Gasteiger partial charge in [0.25, 0.3) is 0 Å². The number of unbranched alkanes of at least 4 members (excludes halogenated alkanes) is 3. The second-order valence-electron chi connectivity index (χ2n) is 7.97. The average Bonchev–Trinajstić information content (AvgIpc) is 3.28. The predicted octanol–water partition coefficient (Wildman–Crippen LogP) is 4.21. The Morgan fingerprint density at radius 3 is 2.75 bits per heavy atom. The minimum atomic E-state index is -0.0961. The van der Waals surface area contributed by atoms with Crippen LogP contribution in [0.1, 0.15) is 56.6 Å². The number of hydrogen-bond donors (Lipinski definition) is 2. The molecule has 0 radical (unpaired) electrons. The molecular formula is C24H40IN3O4. The van der Waals surface area contributed by atoms with Gasteiger partial charge in [0.1, 0.15) is 5.75 Å². The fraction of sp³-hybridized carbons (Fsp3) is 0.667. The molecule has 2 N–H and O–H groups in total. The van der Waals surface area contributed by atoms with E-state index in [0.29, 0.717) is 32.1 Å². The van der Waals surface area contributed by atoms with Crippen molar-refractivity contribution in [3.63, 3.8) is 0 Å². The lowest BCUT2D eigenvalue weighted by atomic mass is 10.1. The van der Waals surface area contributed by atoms with Gasteiger partial charge in [-0.05, 0) is 44.7 Å². The molecule has 1 heterocycles. The number of ether oxygens (including phenoxy) is 3. The summed E-state index contributed by atoms with van der Waals surface area (Å²) in [5, 5.41) is 6.73. The molecule has 0 spiro atoms. The number of rotatable bonds is 13. The summed E-state index contributed by atoms with van der Waals surface area (Å²) < 4.78 is 16.5. The first-order valence-electron chi connectivity index (χ1n) is 11.5. The Hall–Kier alpha value is -1.55. The Labute approximate surface area is 210 Å². The zero-order valence-corrected chi connectivity index (χ0v) is 22.1. The molecule has 0 amide bonds. The molecule has 0 aliphatic carbocycles. The molecule has 1 aromatic carbocycles. The summed E-state index contributed by atoms with van der Waals surface area (Å²) in [7, 11) is 1.78. The second kappa shape index (κ2) is 17.0. The van der Waals surface area contributed by atoms with Gasteiger partial charge in [-0.25, -0.2) is 0 Å². The lowest BCUT2D eigenvalue weighted by Crippen LogP contribution is -2.37. The van der Waals surface area contributed by atoms with Gasteiger partial charge < -0.3 is 24.8 Å². The number of halogens is 1. The van der Waals surface area contributed by atoms with Crippen molar-refractivity contribution in [2.75, 3.05) is 40.0 Å². The molecule has 1 atom stereocenters. The standard InChI is InChI=1S/C24H39N3O4.HI/c1-4-30-23(28)9-7-5-6-8-13-26-24(25-3)27-16-21-11-10-19(2)15-22(21)31-18-20-12-14-29-17-20;/h10-11,15,20H,4-9,12-14,16-18H2,1-3H3,(H2,25,26,27);1H. The van der Waals surface area contributed by atoms with E-state index in [1.165, 1.54) is 5.56 Å². The van der Waals surface area contributed by atoms with Gasteiger partial charge in [0.2, 0.25) is 0 Å². The van der Waals surface area contributed by atoms with Crippen molar-refractivity contribution in [1.29, 1.82) is 0 Å². The maximum absolute atomic E-state index is 11.3. The van der Waals surface area contributed by atoms with Crippen LogP contribution in [-0.4, -0.2) is 51.9 Å². The van der Waals surface area contributed by atoms with Gasteiger partial charge in [-0.15, -0.1) is 24.0 Å². The SMILES string of the molecule is CCOC(=O)CCCCCCNC(=NC)NCc1ccc(C)cc1OCC1CCOC1.I. The molecule has 7 nitrogen and oxygen atoms in total. The fourth-order valence-corrected chi connectivity index (χ4v) is 3.45. The minimum Gasteiger partial charge on any atom is -0.493 e. The van der Waals surface area contributed by atoms with Gasteiger partial charge >= 0.3 is 5.97 Å². The number of benzene rings is 1. The third-order valence-corrected chi connectivity index (χ3v) is 5.30. The molecule has 1 aromatic rings. The third-order valence-electron chi connectivity index (χ3n) is 5.30. The van der Waals surface area contributed by atoms with Gasteiger partial charge in [0, 0.05) is 44.6 Å². The summed E-state index contributed by atoms with van der Waals surface area (Å²) in [5.41, 5.74) is 2.30. The topological polar surface area (TPSA) is 81.2 Å². The fourth-order valence-electron chi connectivity index (χ4n) is 3.45. The minimum absolute atomic E-state index is 0. The van der Waals surface area contributed by atoms with E-state index >= 15 is 0 Å². The van der Waals surface area contributed by atoms with Crippen molar-refractivity contribution >= 4 is 35.9 Å². The van der Waals surface area contributed by atoms with E-state index in [0.717, 1.165) is 69.1 Å². The number of hydrogen-bond acceptors (Lipinski definition) is 5. The smallest absolute Gasteiger partial charge is 0.305 e. The monoisotopic (exact) mass is 561 g/mol. The molecule has 0 aromatic heterocycles. The van der Waals surface area contributed by atoms with Crippen molar-refractivity contribution in [1.82, 2.24) is 10.6 Å². The van der Waals surface area contributed by atoms with E-state index in [1.54, 1.807) is 7.05 Å². The summed E-state index contributed by atoms with van der Waals surface area (Å²) in [6.07, 6.45) is 5.60. The normalized spacial score (nSPS) is 15.7. The van der Waals surface area contributed by atoms with E-state index in [4.69, 9.17) is 14.2 Å². The van der Waals surface area contributed by atoms with Gasteiger partial charge in [0.15, 0.2) is 5.96 Å². The number of carbonyl (C=O) groups excluding carboxylic acids is 1. The average molecular weight is 562 g/mol. The van der Waals surface area contributed by atoms with Crippen molar-refractivity contribution in [2.24, 2.45) is 10.9 Å². The molecule has 8 heteroatoms. The number of carbonyl (C=O) groups is 1. The maximum atomic E-state index is 11.3. The molecule has 0 bridgehead atoms. The summed E-state index contributed by atoms with van der Waals surface area (Å²) >= 11 is 0. The van der Waals surface area contributed by atoms with Crippen LogP contribution in [0.4, 0.5) is 0 Å². The Balaban J connectivity index is 0.00000512. The van der Waals surface area contributed by atoms with E-state index in [2.05, 4.69) is 40.7 Å². The van der Waals surface area contributed by atoms with Gasteiger partial charge in [-0.1, -0.05) is 25.0 Å². The predicted molar refractivity (Wildman–Crippen MR) is 139 cm³/mol. The van der Waals surface area contributed by atoms with Crippen LogP contribution in [0.15, 0.2) is 23.2 Å². The zero-order chi connectivity index (χ0) is 22.3. The molecule has 182 valence electrons. The van der Waals surface area contributed by atoms with Gasteiger partial charge in [0.05, 0.1) is 19.8 Å². The van der Waals surface area contributed by atoms with E-state index in [-0.39, 0.29) is 29.9 Å². The van der Waals surface area contributed by atoms with Crippen LogP contribution in [-0.2, 0) is 20.8 Å². The first kappa shape index (κ1) is 28.5. The molecule has 0 saturated carbocycles. The first-order chi connectivity index (χ1) is 15.1. The Morgan fingerprint density at radius 1 is 1.22 bits per heavy atom. The van der Waals surface area contributed by atoms with Crippen LogP contribution in [0.3, 0.4) is 0 Å². The molecule has 32 heavy (non-hydrogen) atoms. The number of aliphatic imine (C=N–C) groups is 1. The van der Waals surface area contributed by atoms with Crippen molar-refractivity contribution < 1.29 is 19.0 Å². The quantitative estimate of drug-likeness (QED) is 0.124. The van der Waals surface area contributed by atoms with Crippen LogP contribution in [0.5, 0.6) is 5.75 Å². The van der Waals surface area contributed by atoms with Crippen molar-refractivity contribution in [3.8, 4) is 5.75 Å². The first-order valence-corrected chi connectivity index (χ1v) is 11.5. The second-order valence-corrected chi connectivity index (χ2v) is 7.97. The summed E-state index contributed by atoms with van der Waals surface area (Å²) in [6, 6.07) is 6.31. The Bertz CT molecular complexity index is 694. The summed E-state index contributed by atoms with van der Waals surface area (Å²) in [6.45, 7) is 8.19. The Kier molecular flexibility index (Phi) is 15.1. The maximum Gasteiger partial charge on any atom is 0.305 e. The highest BCUT2D eigenvalue weighted by atomic mass is 127. The lowest BCUT2D eigenvalue weighted by Gasteiger charge is -2.17. The van der Waals surface area contributed by atoms with Crippen LogP contribution in [0, 0.1) is 12.8 Å². The van der Waals surface area contributed by atoms with Gasteiger partial charge in [-0.2, -0.15) is 0 Å². The number of aryl methyl sites for hydroxylation is 1. The number of nitrogens with one attached hydrogen (secondary N) is 2. The molecule has 1 fully saturated rings. The van der Waals surface area contributed by atoms with Gasteiger partial charge in [-0.3, -0.25) is 9.79 Å². The largest absolute Gasteiger partial charge is 0.493 e. The number of guanidine groups is 1. The molecule has 2 rings (SSSR count). The Morgan fingerprint density at radius 2 is 2.03 bits per heavy atom.